The molecule has 0 unspecified atom stereocenters. The molecule has 0 aliphatic carbocycles. The van der Waals surface area contributed by atoms with Crippen molar-refractivity contribution in [3.8, 4) is 17.0 Å². The third-order valence-electron chi connectivity index (χ3n) is 5.12. The van der Waals surface area contributed by atoms with Crippen LogP contribution in [0.2, 0.25) is 10.0 Å². The molecule has 1 aromatic heterocycles. The lowest BCUT2D eigenvalue weighted by atomic mass is 10.1. The third-order valence-corrected chi connectivity index (χ3v) is 5.55. The smallest absolute Gasteiger partial charge is 0.321 e. The van der Waals surface area contributed by atoms with Gasteiger partial charge in [-0.05, 0) is 61.5 Å². The van der Waals surface area contributed by atoms with E-state index < -0.39 is 0 Å². The maximum absolute atomic E-state index is 12.6. The average Bonchev–Trinajstić information content (AvgIpc) is 2.79. The van der Waals surface area contributed by atoms with E-state index in [-0.39, 0.29) is 6.03 Å². The molecule has 1 aliphatic heterocycles. The maximum Gasteiger partial charge on any atom is 0.321 e. The molecule has 166 valence electrons. The van der Waals surface area contributed by atoms with Gasteiger partial charge in [0.25, 0.3) is 0 Å². The second-order valence-corrected chi connectivity index (χ2v) is 8.17. The number of anilines is 2. The Hall–Kier alpha value is -3.03. The number of aromatic nitrogens is 2. The molecule has 0 spiro atoms. The Morgan fingerprint density at radius 2 is 1.66 bits per heavy atom. The Labute approximate surface area is 196 Å². The lowest BCUT2D eigenvalue weighted by Gasteiger charge is -2.35. The van der Waals surface area contributed by atoms with Crippen LogP contribution in [0.4, 0.5) is 16.3 Å². The number of carbonyl (C=O) groups excluding carboxylic acids is 1. The molecule has 2 heterocycles. The Morgan fingerprint density at radius 3 is 2.25 bits per heavy atom. The van der Waals surface area contributed by atoms with Gasteiger partial charge in [-0.2, -0.15) is 0 Å². The van der Waals surface area contributed by atoms with Crippen LogP contribution in [-0.2, 0) is 0 Å². The molecule has 1 fully saturated rings. The summed E-state index contributed by atoms with van der Waals surface area (Å²) in [5.41, 5.74) is 2.36. The van der Waals surface area contributed by atoms with Crippen LogP contribution >= 0.6 is 23.2 Å². The first-order valence-corrected chi connectivity index (χ1v) is 11.1. The number of hydrogen-bond donors (Lipinski definition) is 1. The zero-order valence-corrected chi connectivity index (χ0v) is 19.1. The maximum atomic E-state index is 12.6. The number of benzene rings is 2. The molecule has 1 N–H and O–H groups in total. The minimum atomic E-state index is -0.181. The highest BCUT2D eigenvalue weighted by Crippen LogP contribution is 2.24. The summed E-state index contributed by atoms with van der Waals surface area (Å²) in [5.74, 6) is 1.63. The van der Waals surface area contributed by atoms with E-state index in [9.17, 15) is 4.79 Å². The highest BCUT2D eigenvalue weighted by Gasteiger charge is 2.22. The molecule has 0 atom stereocenters. The number of hydrogen-bond acceptors (Lipinski definition) is 5. The molecular weight excluding hydrogens is 449 g/mol. The number of nitrogens with one attached hydrogen (secondary N) is 1. The van der Waals surface area contributed by atoms with Gasteiger partial charge in [-0.25, -0.2) is 4.79 Å². The second-order valence-electron chi connectivity index (χ2n) is 7.30. The quantitative estimate of drug-likeness (QED) is 0.553. The van der Waals surface area contributed by atoms with Crippen LogP contribution in [0.1, 0.15) is 6.92 Å². The Kier molecular flexibility index (Phi) is 6.97. The lowest BCUT2D eigenvalue weighted by molar-refractivity contribution is 0.208. The summed E-state index contributed by atoms with van der Waals surface area (Å²) in [7, 11) is 0. The van der Waals surface area contributed by atoms with Gasteiger partial charge in [-0.3, -0.25) is 0 Å². The van der Waals surface area contributed by atoms with Crippen LogP contribution in [0, 0.1) is 0 Å². The van der Waals surface area contributed by atoms with Crippen molar-refractivity contribution in [2.75, 3.05) is 43.0 Å². The molecule has 0 saturated carbocycles. The molecule has 0 bridgehead atoms. The van der Waals surface area contributed by atoms with Crippen molar-refractivity contribution < 1.29 is 9.53 Å². The summed E-state index contributed by atoms with van der Waals surface area (Å²) in [5, 5.41) is 12.6. The normalized spacial score (nSPS) is 13.7. The largest absolute Gasteiger partial charge is 0.494 e. The number of ether oxygens (including phenoxy) is 1. The van der Waals surface area contributed by atoms with Gasteiger partial charge in [0.05, 0.1) is 12.3 Å². The predicted molar refractivity (Wildman–Crippen MR) is 128 cm³/mol. The number of urea groups is 1. The first-order valence-electron chi connectivity index (χ1n) is 10.4. The van der Waals surface area contributed by atoms with Gasteiger partial charge in [0, 0.05) is 47.5 Å². The molecule has 1 saturated heterocycles. The number of rotatable bonds is 5. The van der Waals surface area contributed by atoms with Gasteiger partial charge >= 0.3 is 6.03 Å². The van der Waals surface area contributed by atoms with Crippen LogP contribution < -0.4 is 15.0 Å². The minimum absolute atomic E-state index is 0.181. The molecule has 3 aromatic rings. The molecule has 1 aliphatic rings. The molecule has 2 amide bonds. The summed E-state index contributed by atoms with van der Waals surface area (Å²) in [6.07, 6.45) is 0. The van der Waals surface area contributed by atoms with E-state index in [4.69, 9.17) is 27.9 Å². The SMILES string of the molecule is CCOc1ccc(-c2ccc(N3CCN(C(=O)Nc4cc(Cl)cc(Cl)c4)CC3)nn2)cc1. The second kappa shape index (κ2) is 10.1. The van der Waals surface area contributed by atoms with Crippen LogP contribution in [0.25, 0.3) is 11.3 Å². The van der Waals surface area contributed by atoms with Crippen LogP contribution in [0.15, 0.2) is 54.6 Å². The molecule has 2 aromatic carbocycles. The zero-order valence-electron chi connectivity index (χ0n) is 17.6. The van der Waals surface area contributed by atoms with E-state index in [1.807, 2.05) is 43.3 Å². The fourth-order valence-corrected chi connectivity index (χ4v) is 4.03. The van der Waals surface area contributed by atoms with E-state index in [2.05, 4.69) is 20.4 Å². The number of halogens is 2. The van der Waals surface area contributed by atoms with Gasteiger partial charge in [-0.1, -0.05) is 23.2 Å². The summed E-state index contributed by atoms with van der Waals surface area (Å²) in [6, 6.07) is 16.5. The Bertz CT molecular complexity index is 1050. The average molecular weight is 472 g/mol. The molecular formula is C23H23Cl2N5O2. The number of amides is 2. The van der Waals surface area contributed by atoms with Crippen molar-refractivity contribution in [1.29, 1.82) is 0 Å². The van der Waals surface area contributed by atoms with Crippen molar-refractivity contribution in [2.45, 2.75) is 6.92 Å². The summed E-state index contributed by atoms with van der Waals surface area (Å²) in [6.45, 7) is 5.07. The van der Waals surface area contributed by atoms with Gasteiger partial charge in [0.15, 0.2) is 5.82 Å². The standard InChI is InChI=1S/C23H23Cl2N5O2/c1-2-32-20-5-3-16(4-6-20)21-7-8-22(28-27-21)29-9-11-30(12-10-29)23(31)26-19-14-17(24)13-18(25)15-19/h3-8,13-15H,2,9-12H2,1H3,(H,26,31). The van der Waals surface area contributed by atoms with E-state index in [0.717, 1.165) is 22.8 Å². The first-order chi connectivity index (χ1) is 15.5. The van der Waals surface area contributed by atoms with Gasteiger partial charge in [0.1, 0.15) is 5.75 Å². The molecule has 9 heteroatoms. The number of carbonyl (C=O) groups is 1. The Balaban J connectivity index is 1.33. The van der Waals surface area contributed by atoms with Gasteiger partial charge in [-0.15, -0.1) is 10.2 Å². The predicted octanol–water partition coefficient (Wildman–Crippen LogP) is 5.20. The molecule has 0 radical (unpaired) electrons. The molecule has 32 heavy (non-hydrogen) atoms. The summed E-state index contributed by atoms with van der Waals surface area (Å²) >= 11 is 12.0. The van der Waals surface area contributed by atoms with Crippen LogP contribution in [0.3, 0.4) is 0 Å². The van der Waals surface area contributed by atoms with Crippen LogP contribution in [-0.4, -0.2) is 53.9 Å². The van der Waals surface area contributed by atoms with Crippen molar-refractivity contribution in [3.63, 3.8) is 0 Å². The van der Waals surface area contributed by atoms with Crippen molar-refractivity contribution >= 4 is 40.7 Å². The lowest BCUT2D eigenvalue weighted by Crippen LogP contribution is -2.50. The minimum Gasteiger partial charge on any atom is -0.494 e. The zero-order chi connectivity index (χ0) is 22.5. The summed E-state index contributed by atoms with van der Waals surface area (Å²) in [4.78, 5) is 16.5. The highest BCUT2D eigenvalue weighted by molar-refractivity contribution is 6.35. The Morgan fingerprint density at radius 1 is 0.969 bits per heavy atom. The first kappa shape index (κ1) is 22.2. The highest BCUT2D eigenvalue weighted by atomic mass is 35.5. The van der Waals surface area contributed by atoms with Crippen LogP contribution in [0.5, 0.6) is 5.75 Å². The van der Waals surface area contributed by atoms with Crippen molar-refractivity contribution in [2.24, 2.45) is 0 Å². The number of piperazine rings is 1. The van der Waals surface area contributed by atoms with Gasteiger partial charge in [0.2, 0.25) is 0 Å². The van der Waals surface area contributed by atoms with Crippen molar-refractivity contribution in [3.05, 3.63) is 64.6 Å². The van der Waals surface area contributed by atoms with E-state index in [1.165, 1.54) is 0 Å². The third kappa shape index (κ3) is 5.41. The van der Waals surface area contributed by atoms with Gasteiger partial charge < -0.3 is 19.9 Å². The fraction of sp³-hybridized carbons (Fsp3) is 0.261. The fourth-order valence-electron chi connectivity index (χ4n) is 3.50. The molecule has 7 nitrogen and oxygen atoms in total. The topological polar surface area (TPSA) is 70.6 Å². The number of nitrogens with zero attached hydrogens (tertiary/aromatic N) is 4. The summed E-state index contributed by atoms with van der Waals surface area (Å²) < 4.78 is 5.48. The van der Waals surface area contributed by atoms with E-state index in [1.54, 1.807) is 23.1 Å². The molecule has 4 rings (SSSR count). The monoisotopic (exact) mass is 471 g/mol. The van der Waals surface area contributed by atoms with E-state index >= 15 is 0 Å². The van der Waals surface area contributed by atoms with Crippen molar-refractivity contribution in [1.82, 2.24) is 15.1 Å². The van der Waals surface area contributed by atoms with E-state index in [0.29, 0.717) is 48.5 Å².